The molecule has 2 amide bonds. The van der Waals surface area contributed by atoms with Crippen molar-refractivity contribution in [3.63, 3.8) is 0 Å². The Hall–Kier alpha value is -2.53. The van der Waals surface area contributed by atoms with Gasteiger partial charge in [0.1, 0.15) is 0 Å². The van der Waals surface area contributed by atoms with Crippen LogP contribution in [0.25, 0.3) is 10.9 Å². The van der Waals surface area contributed by atoms with Crippen molar-refractivity contribution in [2.75, 3.05) is 0 Å². The molecular formula is C20H18N2O2S. The van der Waals surface area contributed by atoms with Gasteiger partial charge in [-0.25, -0.2) is 0 Å². The summed E-state index contributed by atoms with van der Waals surface area (Å²) in [4.78, 5) is 23.3. The largest absolute Gasteiger partial charge is 0.343 e. The zero-order chi connectivity index (χ0) is 17.4. The third kappa shape index (κ3) is 3.20. The molecule has 0 saturated carbocycles. The van der Waals surface area contributed by atoms with Crippen molar-refractivity contribution >= 4 is 33.8 Å². The van der Waals surface area contributed by atoms with E-state index in [0.29, 0.717) is 6.42 Å². The first-order valence-electron chi connectivity index (χ1n) is 8.24. The van der Waals surface area contributed by atoms with E-state index >= 15 is 0 Å². The molecule has 4 rings (SSSR count). The van der Waals surface area contributed by atoms with Crippen LogP contribution in [0.3, 0.4) is 0 Å². The van der Waals surface area contributed by atoms with Crippen molar-refractivity contribution in [3.8, 4) is 0 Å². The lowest BCUT2D eigenvalue weighted by Gasteiger charge is -2.06. The summed E-state index contributed by atoms with van der Waals surface area (Å²) in [7, 11) is 0. The molecule has 0 spiro atoms. The molecule has 4 nitrogen and oxygen atoms in total. The van der Waals surface area contributed by atoms with Crippen LogP contribution in [0.15, 0.2) is 54.7 Å². The zero-order valence-corrected chi connectivity index (χ0v) is 14.7. The van der Waals surface area contributed by atoms with Gasteiger partial charge in [0, 0.05) is 23.6 Å². The first-order chi connectivity index (χ1) is 12.1. The van der Waals surface area contributed by atoms with E-state index in [4.69, 9.17) is 0 Å². The Kier molecular flexibility index (Phi) is 4.09. The second-order valence-corrected chi connectivity index (χ2v) is 7.55. The van der Waals surface area contributed by atoms with E-state index in [1.807, 2.05) is 12.1 Å². The van der Waals surface area contributed by atoms with Gasteiger partial charge in [-0.05, 0) is 30.5 Å². The number of carbonyl (C=O) groups excluding carboxylic acids is 2. The van der Waals surface area contributed by atoms with Gasteiger partial charge in [0.25, 0.3) is 5.24 Å². The third-order valence-corrected chi connectivity index (χ3v) is 5.46. The van der Waals surface area contributed by atoms with Crippen molar-refractivity contribution in [2.24, 2.45) is 0 Å². The molecule has 126 valence electrons. The lowest BCUT2D eigenvalue weighted by Crippen LogP contribution is -2.25. The summed E-state index contributed by atoms with van der Waals surface area (Å²) in [6, 6.07) is 16.7. The van der Waals surface area contributed by atoms with Gasteiger partial charge in [0.15, 0.2) is 0 Å². The van der Waals surface area contributed by atoms with E-state index in [1.165, 1.54) is 11.1 Å². The Morgan fingerprint density at radius 1 is 1.12 bits per heavy atom. The van der Waals surface area contributed by atoms with Gasteiger partial charge < -0.3 is 4.57 Å². The van der Waals surface area contributed by atoms with Gasteiger partial charge in [-0.3, -0.25) is 14.9 Å². The number of para-hydroxylation sites is 1. The number of thioether (sulfide) groups is 1. The lowest BCUT2D eigenvalue weighted by atomic mass is 10.1. The normalized spacial score (nSPS) is 17.2. The van der Waals surface area contributed by atoms with Gasteiger partial charge in [-0.2, -0.15) is 0 Å². The van der Waals surface area contributed by atoms with Crippen LogP contribution < -0.4 is 5.32 Å². The van der Waals surface area contributed by atoms with Crippen LogP contribution in [0, 0.1) is 6.92 Å². The number of aryl methyl sites for hydroxylation is 1. The Balaban J connectivity index is 1.69. The molecule has 1 fully saturated rings. The molecule has 3 aromatic rings. The quantitative estimate of drug-likeness (QED) is 0.776. The predicted octanol–water partition coefficient (Wildman–Crippen LogP) is 3.89. The van der Waals surface area contributed by atoms with Gasteiger partial charge in [0.05, 0.1) is 5.25 Å². The number of carbonyl (C=O) groups is 2. The van der Waals surface area contributed by atoms with Gasteiger partial charge in [-0.1, -0.05) is 59.8 Å². The number of nitrogens with one attached hydrogen (secondary N) is 1. The van der Waals surface area contributed by atoms with Crippen LogP contribution in [0.2, 0.25) is 0 Å². The van der Waals surface area contributed by atoms with E-state index in [9.17, 15) is 9.59 Å². The number of hydrogen-bond acceptors (Lipinski definition) is 3. The molecular weight excluding hydrogens is 332 g/mol. The molecule has 1 aromatic heterocycles. The monoisotopic (exact) mass is 350 g/mol. The van der Waals surface area contributed by atoms with E-state index in [1.54, 1.807) is 0 Å². The number of nitrogens with zero attached hydrogens (tertiary/aromatic N) is 1. The molecule has 1 aliphatic rings. The van der Waals surface area contributed by atoms with Gasteiger partial charge in [-0.15, -0.1) is 0 Å². The summed E-state index contributed by atoms with van der Waals surface area (Å²) in [5, 5.41) is 2.91. The number of imide groups is 1. The average Bonchev–Trinajstić information content (AvgIpc) is 3.08. The first-order valence-corrected chi connectivity index (χ1v) is 9.12. The minimum Gasteiger partial charge on any atom is -0.343 e. The average molecular weight is 350 g/mol. The van der Waals surface area contributed by atoms with Crippen molar-refractivity contribution in [2.45, 2.75) is 25.1 Å². The van der Waals surface area contributed by atoms with E-state index in [-0.39, 0.29) is 16.4 Å². The SMILES string of the molecule is Cc1cccc(Cn2cc(CC3SC(=O)NC3=O)c3ccccc32)c1. The highest BCUT2D eigenvalue weighted by Gasteiger charge is 2.32. The minimum absolute atomic E-state index is 0.189. The van der Waals surface area contributed by atoms with Crippen molar-refractivity contribution in [1.82, 2.24) is 9.88 Å². The van der Waals surface area contributed by atoms with E-state index < -0.39 is 0 Å². The molecule has 1 N–H and O–H groups in total. The maximum atomic E-state index is 11.9. The molecule has 0 bridgehead atoms. The fourth-order valence-electron chi connectivity index (χ4n) is 3.35. The van der Waals surface area contributed by atoms with Crippen LogP contribution in [-0.2, 0) is 17.8 Å². The lowest BCUT2D eigenvalue weighted by molar-refractivity contribution is -0.118. The number of rotatable bonds is 4. The molecule has 0 aliphatic carbocycles. The van der Waals surface area contributed by atoms with Crippen molar-refractivity contribution in [3.05, 3.63) is 71.4 Å². The summed E-state index contributed by atoms with van der Waals surface area (Å²) >= 11 is 1.08. The second-order valence-electron chi connectivity index (χ2n) is 6.38. The minimum atomic E-state index is -0.342. The number of hydrogen-bond donors (Lipinski definition) is 1. The second kappa shape index (κ2) is 6.41. The molecule has 1 saturated heterocycles. The maximum Gasteiger partial charge on any atom is 0.286 e. The molecule has 5 heteroatoms. The molecule has 1 unspecified atom stereocenters. The Morgan fingerprint density at radius 3 is 2.72 bits per heavy atom. The Bertz CT molecular complexity index is 977. The maximum absolute atomic E-state index is 11.9. The number of fused-ring (bicyclic) bond motifs is 1. The van der Waals surface area contributed by atoms with E-state index in [2.05, 4.69) is 59.4 Å². The fourth-order valence-corrected chi connectivity index (χ4v) is 4.20. The standard InChI is InChI=1S/C20H18N2O2S/c1-13-5-4-6-14(9-13)11-22-12-15(16-7-2-3-8-17(16)22)10-18-19(23)21-20(24)25-18/h2-9,12,18H,10-11H2,1H3,(H,21,23,24). The summed E-state index contributed by atoms with van der Waals surface area (Å²) in [6.45, 7) is 2.88. The highest BCUT2D eigenvalue weighted by Crippen LogP contribution is 2.28. The molecule has 1 atom stereocenters. The number of aromatic nitrogens is 1. The van der Waals surface area contributed by atoms with Gasteiger partial charge in [0.2, 0.25) is 5.91 Å². The zero-order valence-electron chi connectivity index (χ0n) is 13.9. The highest BCUT2D eigenvalue weighted by atomic mass is 32.2. The van der Waals surface area contributed by atoms with Crippen LogP contribution >= 0.6 is 11.8 Å². The van der Waals surface area contributed by atoms with Crippen LogP contribution in [0.4, 0.5) is 4.79 Å². The fraction of sp³-hybridized carbons (Fsp3) is 0.200. The molecule has 0 radical (unpaired) electrons. The predicted molar refractivity (Wildman–Crippen MR) is 101 cm³/mol. The van der Waals surface area contributed by atoms with Crippen LogP contribution in [0.1, 0.15) is 16.7 Å². The van der Waals surface area contributed by atoms with Crippen LogP contribution in [-0.4, -0.2) is 21.0 Å². The Labute approximate surface area is 150 Å². The summed E-state index contributed by atoms with van der Waals surface area (Å²) in [6.07, 6.45) is 2.67. The van der Waals surface area contributed by atoms with Crippen LogP contribution in [0.5, 0.6) is 0 Å². The Morgan fingerprint density at radius 2 is 1.96 bits per heavy atom. The third-order valence-electron chi connectivity index (χ3n) is 4.48. The highest BCUT2D eigenvalue weighted by molar-refractivity contribution is 8.15. The van der Waals surface area contributed by atoms with Gasteiger partial charge >= 0.3 is 0 Å². The van der Waals surface area contributed by atoms with E-state index in [0.717, 1.165) is 34.8 Å². The molecule has 25 heavy (non-hydrogen) atoms. The first kappa shape index (κ1) is 16.0. The summed E-state index contributed by atoms with van der Waals surface area (Å²) in [5.41, 5.74) is 4.74. The molecule has 2 heterocycles. The van der Waals surface area contributed by atoms with Crippen molar-refractivity contribution < 1.29 is 9.59 Å². The number of benzene rings is 2. The number of amides is 2. The summed E-state index contributed by atoms with van der Waals surface area (Å²) < 4.78 is 2.22. The topological polar surface area (TPSA) is 51.1 Å². The smallest absolute Gasteiger partial charge is 0.286 e. The van der Waals surface area contributed by atoms with Crippen molar-refractivity contribution in [1.29, 1.82) is 0 Å². The summed E-state index contributed by atoms with van der Waals surface area (Å²) in [5.74, 6) is -0.189. The molecule has 2 aromatic carbocycles. The molecule has 1 aliphatic heterocycles.